The summed E-state index contributed by atoms with van der Waals surface area (Å²) in [5.41, 5.74) is 8.45. The van der Waals surface area contributed by atoms with Gasteiger partial charge in [-0.3, -0.25) is 14.2 Å². The van der Waals surface area contributed by atoms with Crippen LogP contribution in [0.15, 0.2) is 36.6 Å². The van der Waals surface area contributed by atoms with Gasteiger partial charge in [0.05, 0.1) is 22.8 Å². The molecule has 0 aliphatic carbocycles. The molecule has 0 saturated carbocycles. The Morgan fingerprint density at radius 2 is 2.17 bits per heavy atom. The zero-order chi connectivity index (χ0) is 21.0. The maximum atomic E-state index is 13.5. The van der Waals surface area contributed by atoms with Crippen LogP contribution in [0.3, 0.4) is 0 Å². The molecular weight excluding hydrogens is 459 g/mol. The Morgan fingerprint density at radius 3 is 2.90 bits per heavy atom. The number of hydrogen-bond donors (Lipinski definition) is 2. The fraction of sp³-hybridized carbons (Fsp3) is 0.267. The SMILES string of the molecule is CC(=O)OCC(N)CONc1nonc1-c1noc(=O)n1-c1ccc(F)c(Br)c1. The minimum absolute atomic E-state index is 0.00939. The third-order valence-electron chi connectivity index (χ3n) is 3.43. The second-order valence-electron chi connectivity index (χ2n) is 5.64. The van der Waals surface area contributed by atoms with Crippen molar-refractivity contribution in [2.24, 2.45) is 5.73 Å². The fourth-order valence-electron chi connectivity index (χ4n) is 2.14. The van der Waals surface area contributed by atoms with Crippen molar-refractivity contribution in [2.75, 3.05) is 18.7 Å². The molecule has 14 heteroatoms. The van der Waals surface area contributed by atoms with Crippen LogP contribution in [0.25, 0.3) is 17.2 Å². The summed E-state index contributed by atoms with van der Waals surface area (Å²) in [7, 11) is 0. The lowest BCUT2D eigenvalue weighted by atomic mass is 10.3. The number of rotatable bonds is 8. The minimum atomic E-state index is -0.836. The number of esters is 1. The summed E-state index contributed by atoms with van der Waals surface area (Å²) < 4.78 is 28.8. The van der Waals surface area contributed by atoms with Crippen LogP contribution >= 0.6 is 15.9 Å². The highest BCUT2D eigenvalue weighted by atomic mass is 79.9. The van der Waals surface area contributed by atoms with Gasteiger partial charge in [-0.1, -0.05) is 5.16 Å². The van der Waals surface area contributed by atoms with E-state index in [9.17, 15) is 14.0 Å². The quantitative estimate of drug-likeness (QED) is 0.355. The molecule has 1 aromatic carbocycles. The van der Waals surface area contributed by atoms with Gasteiger partial charge in [-0.25, -0.2) is 23.9 Å². The summed E-state index contributed by atoms with van der Waals surface area (Å²) in [6.07, 6.45) is 0. The number of nitrogens with zero attached hydrogens (tertiary/aromatic N) is 4. The number of carbonyl (C=O) groups excluding carboxylic acids is 1. The molecule has 2 aromatic heterocycles. The monoisotopic (exact) mass is 472 g/mol. The molecule has 1 atom stereocenters. The van der Waals surface area contributed by atoms with Gasteiger partial charge in [-0.05, 0) is 44.4 Å². The first kappa shape index (κ1) is 20.6. The molecule has 3 aromatic rings. The first-order valence-electron chi connectivity index (χ1n) is 8.00. The van der Waals surface area contributed by atoms with Crippen LogP contribution in [0.4, 0.5) is 10.2 Å². The van der Waals surface area contributed by atoms with Crippen LogP contribution in [-0.4, -0.2) is 45.3 Å². The zero-order valence-corrected chi connectivity index (χ0v) is 16.4. The van der Waals surface area contributed by atoms with Gasteiger partial charge in [0.1, 0.15) is 12.4 Å². The van der Waals surface area contributed by atoms with E-state index in [0.29, 0.717) is 0 Å². The lowest BCUT2D eigenvalue weighted by molar-refractivity contribution is -0.141. The number of ether oxygens (including phenoxy) is 1. The molecule has 2 heterocycles. The Labute approximate surface area is 169 Å². The van der Waals surface area contributed by atoms with Crippen LogP contribution in [0.2, 0.25) is 0 Å². The molecule has 0 bridgehead atoms. The van der Waals surface area contributed by atoms with Crippen molar-refractivity contribution in [2.45, 2.75) is 13.0 Å². The van der Waals surface area contributed by atoms with Gasteiger partial charge in [0.15, 0.2) is 0 Å². The summed E-state index contributed by atoms with van der Waals surface area (Å²) in [6.45, 7) is 1.18. The predicted octanol–water partition coefficient (Wildman–Crippen LogP) is 1.01. The van der Waals surface area contributed by atoms with Crippen molar-refractivity contribution in [1.82, 2.24) is 20.0 Å². The number of aromatic nitrogens is 4. The molecule has 0 amide bonds. The Kier molecular flexibility index (Phi) is 6.36. The lowest BCUT2D eigenvalue weighted by Crippen LogP contribution is -2.33. The van der Waals surface area contributed by atoms with E-state index in [1.54, 1.807) is 0 Å². The Bertz CT molecular complexity index is 1070. The van der Waals surface area contributed by atoms with E-state index in [4.69, 9.17) is 19.8 Å². The minimum Gasteiger partial charge on any atom is -0.464 e. The van der Waals surface area contributed by atoms with Gasteiger partial charge >= 0.3 is 11.7 Å². The molecule has 154 valence electrons. The summed E-state index contributed by atoms with van der Waals surface area (Å²) in [6, 6.07) is 3.28. The van der Waals surface area contributed by atoms with Gasteiger partial charge < -0.3 is 10.5 Å². The van der Waals surface area contributed by atoms with Crippen LogP contribution in [0.5, 0.6) is 0 Å². The van der Waals surface area contributed by atoms with Crippen LogP contribution in [0, 0.1) is 5.82 Å². The van der Waals surface area contributed by atoms with E-state index in [-0.39, 0.29) is 40.7 Å². The third kappa shape index (κ3) is 4.85. The highest BCUT2D eigenvalue weighted by Gasteiger charge is 2.23. The van der Waals surface area contributed by atoms with Gasteiger partial charge in [-0.15, -0.1) is 0 Å². The maximum absolute atomic E-state index is 13.5. The van der Waals surface area contributed by atoms with E-state index in [1.807, 2.05) is 0 Å². The number of halogens is 2. The second kappa shape index (κ2) is 8.93. The average Bonchev–Trinajstić information content (AvgIpc) is 3.28. The number of hydrogen-bond acceptors (Lipinski definition) is 11. The van der Waals surface area contributed by atoms with E-state index < -0.39 is 23.6 Å². The maximum Gasteiger partial charge on any atom is 0.446 e. The molecule has 3 rings (SSSR count). The molecule has 0 aliphatic rings. The third-order valence-corrected chi connectivity index (χ3v) is 4.04. The second-order valence-corrected chi connectivity index (χ2v) is 6.50. The molecule has 0 aliphatic heterocycles. The first-order valence-corrected chi connectivity index (χ1v) is 8.80. The molecule has 0 fully saturated rings. The summed E-state index contributed by atoms with van der Waals surface area (Å²) in [5.74, 6) is -1.90. The van der Waals surface area contributed by atoms with E-state index >= 15 is 0 Å². The standard InChI is InChI=1S/C15H14BrFN6O6/c1-7(24)26-5-8(18)6-27-20-13-12(19-29-21-13)14-22-28-15(25)23(14)9-2-3-11(17)10(16)4-9/h2-4,8H,5-6,18H2,1H3,(H,20,21). The van der Waals surface area contributed by atoms with Gasteiger partial charge in [-0.2, -0.15) is 0 Å². The zero-order valence-electron chi connectivity index (χ0n) is 14.8. The van der Waals surface area contributed by atoms with Crippen LogP contribution in [0.1, 0.15) is 6.92 Å². The molecule has 29 heavy (non-hydrogen) atoms. The predicted molar refractivity (Wildman–Crippen MR) is 97.2 cm³/mol. The number of anilines is 1. The number of nitrogens with one attached hydrogen (secondary N) is 1. The van der Waals surface area contributed by atoms with Gasteiger partial charge in [0.25, 0.3) is 0 Å². The molecule has 1 unspecified atom stereocenters. The first-order chi connectivity index (χ1) is 13.9. The van der Waals surface area contributed by atoms with Crippen molar-refractivity contribution in [3.63, 3.8) is 0 Å². The molecule has 12 nitrogen and oxygen atoms in total. The number of carbonyl (C=O) groups is 1. The largest absolute Gasteiger partial charge is 0.464 e. The Morgan fingerprint density at radius 1 is 1.38 bits per heavy atom. The highest BCUT2D eigenvalue weighted by molar-refractivity contribution is 9.10. The average molecular weight is 473 g/mol. The highest BCUT2D eigenvalue weighted by Crippen LogP contribution is 2.26. The Hall–Kier alpha value is -3.10. The van der Waals surface area contributed by atoms with E-state index in [1.165, 1.54) is 19.1 Å². The molecule has 0 spiro atoms. The molecule has 3 N–H and O–H groups in total. The van der Waals surface area contributed by atoms with Crippen LogP contribution < -0.4 is 17.0 Å². The van der Waals surface area contributed by atoms with Crippen LogP contribution in [-0.2, 0) is 14.4 Å². The van der Waals surface area contributed by atoms with Crippen molar-refractivity contribution >= 4 is 27.7 Å². The van der Waals surface area contributed by atoms with Gasteiger partial charge in [0, 0.05) is 6.92 Å². The number of nitrogens with two attached hydrogens (primary N) is 1. The van der Waals surface area contributed by atoms with Crippen molar-refractivity contribution in [3.8, 4) is 17.2 Å². The van der Waals surface area contributed by atoms with Crippen molar-refractivity contribution < 1.29 is 27.9 Å². The summed E-state index contributed by atoms with van der Waals surface area (Å²) in [5, 5.41) is 11.0. The smallest absolute Gasteiger partial charge is 0.446 e. The van der Waals surface area contributed by atoms with E-state index in [2.05, 4.69) is 41.5 Å². The molecular formula is C15H14BrFN6O6. The molecule has 0 radical (unpaired) electrons. The summed E-state index contributed by atoms with van der Waals surface area (Å²) in [4.78, 5) is 28.1. The van der Waals surface area contributed by atoms with Gasteiger partial charge in [0.2, 0.25) is 17.3 Å². The Balaban J connectivity index is 1.78. The molecule has 0 saturated heterocycles. The lowest BCUT2D eigenvalue weighted by Gasteiger charge is -2.11. The fourth-order valence-corrected chi connectivity index (χ4v) is 2.51. The summed E-state index contributed by atoms with van der Waals surface area (Å²) >= 11 is 3.05. The number of benzene rings is 1. The normalized spacial score (nSPS) is 12.0. The van der Waals surface area contributed by atoms with E-state index in [0.717, 1.165) is 10.6 Å². The van der Waals surface area contributed by atoms with Crippen molar-refractivity contribution in [1.29, 1.82) is 0 Å². The topological polar surface area (TPSA) is 161 Å². The van der Waals surface area contributed by atoms with Crippen molar-refractivity contribution in [3.05, 3.63) is 39.0 Å².